The Kier molecular flexibility index (Phi) is 9.35. The van der Waals surface area contributed by atoms with E-state index >= 15 is 0 Å². The molecule has 2 aromatic rings. The van der Waals surface area contributed by atoms with Gasteiger partial charge in [-0.2, -0.15) is 5.26 Å². The van der Waals surface area contributed by atoms with E-state index in [0.717, 1.165) is 70.8 Å². The number of piperazine rings is 1. The number of nitriles is 1. The van der Waals surface area contributed by atoms with Gasteiger partial charge in [0.15, 0.2) is 0 Å². The van der Waals surface area contributed by atoms with E-state index in [2.05, 4.69) is 52.4 Å². The van der Waals surface area contributed by atoms with E-state index in [1.165, 1.54) is 11.3 Å². The molecule has 2 aliphatic heterocycles. The normalized spacial score (nSPS) is 17.1. The average Bonchev–Trinajstić information content (AvgIpc) is 2.86. The summed E-state index contributed by atoms with van der Waals surface area (Å²) in [7, 11) is 0. The first kappa shape index (κ1) is 25.6. The second-order valence-electron chi connectivity index (χ2n) is 9.26. The minimum Gasteiger partial charge on any atom is -0.382 e. The predicted octanol–water partition coefficient (Wildman–Crippen LogP) is 4.51. The van der Waals surface area contributed by atoms with Crippen molar-refractivity contribution in [3.63, 3.8) is 0 Å². The third-order valence-electron chi connectivity index (χ3n) is 6.87. The first-order valence-corrected chi connectivity index (χ1v) is 12.2. The second kappa shape index (κ2) is 12.4. The van der Waals surface area contributed by atoms with Gasteiger partial charge in [0, 0.05) is 63.1 Å². The summed E-state index contributed by atoms with van der Waals surface area (Å²) in [6, 6.07) is 18.9. The van der Waals surface area contributed by atoms with E-state index in [-0.39, 0.29) is 7.43 Å². The molecule has 182 valence electrons. The van der Waals surface area contributed by atoms with E-state index < -0.39 is 0 Å². The number of nitrogens with zero attached hydrogens (tertiary/aromatic N) is 4. The summed E-state index contributed by atoms with van der Waals surface area (Å²) in [6.07, 6.45) is 3.51. The maximum atomic E-state index is 12.7. The fourth-order valence-electron chi connectivity index (χ4n) is 4.75. The zero-order valence-electron chi connectivity index (χ0n) is 19.7. The van der Waals surface area contributed by atoms with Crippen molar-refractivity contribution in [2.24, 2.45) is 0 Å². The van der Waals surface area contributed by atoms with Gasteiger partial charge in [-0.25, -0.2) is 0 Å². The largest absolute Gasteiger partial charge is 0.382 e. The molecule has 2 aliphatic rings. The number of anilines is 2. The number of carbonyl (C=O) groups excluding carboxylic acids is 1. The van der Waals surface area contributed by atoms with Crippen LogP contribution in [0.2, 0.25) is 0 Å². The Hall–Kier alpha value is -3.04. The van der Waals surface area contributed by atoms with E-state index in [9.17, 15) is 4.79 Å². The van der Waals surface area contributed by atoms with Gasteiger partial charge in [0.05, 0.1) is 11.6 Å². The lowest BCUT2D eigenvalue weighted by atomic mass is 10.0. The molecule has 0 aromatic heterocycles. The summed E-state index contributed by atoms with van der Waals surface area (Å²) in [5.74, 6) is 0.296. The van der Waals surface area contributed by atoms with Crippen molar-refractivity contribution in [3.05, 3.63) is 59.7 Å². The van der Waals surface area contributed by atoms with E-state index in [0.29, 0.717) is 23.9 Å². The predicted molar refractivity (Wildman–Crippen MR) is 140 cm³/mol. The fourth-order valence-corrected chi connectivity index (χ4v) is 4.75. The molecule has 0 atom stereocenters. The molecule has 0 bridgehead atoms. The number of aryl methyl sites for hydroxylation is 1. The first-order chi connectivity index (χ1) is 16.1. The topological polar surface area (TPSA) is 62.6 Å². The molecule has 6 heteroatoms. The molecule has 2 fully saturated rings. The molecular formula is C28H39N5O. The van der Waals surface area contributed by atoms with E-state index in [1.54, 1.807) is 0 Å². The Labute approximate surface area is 205 Å². The summed E-state index contributed by atoms with van der Waals surface area (Å²) in [5.41, 5.74) is 4.33. The number of hydrogen-bond acceptors (Lipinski definition) is 5. The van der Waals surface area contributed by atoms with Crippen molar-refractivity contribution in [1.82, 2.24) is 9.80 Å². The lowest BCUT2D eigenvalue weighted by Crippen LogP contribution is -2.47. The van der Waals surface area contributed by atoms with Crippen LogP contribution >= 0.6 is 0 Å². The number of hydrogen-bond donors (Lipinski definition) is 1. The smallest absolute Gasteiger partial charge is 0.222 e. The van der Waals surface area contributed by atoms with Gasteiger partial charge < -0.3 is 15.1 Å². The summed E-state index contributed by atoms with van der Waals surface area (Å²) < 4.78 is 0. The number of nitrogens with one attached hydrogen (secondary N) is 1. The van der Waals surface area contributed by atoms with Crippen LogP contribution in [-0.2, 0) is 4.79 Å². The van der Waals surface area contributed by atoms with E-state index in [4.69, 9.17) is 5.26 Å². The van der Waals surface area contributed by atoms with Gasteiger partial charge in [-0.05, 0) is 69.1 Å². The maximum Gasteiger partial charge on any atom is 0.222 e. The number of rotatable bonds is 7. The van der Waals surface area contributed by atoms with Crippen molar-refractivity contribution in [2.75, 3.05) is 56.0 Å². The molecule has 0 aliphatic carbocycles. The molecule has 1 N–H and O–H groups in total. The van der Waals surface area contributed by atoms with Crippen LogP contribution in [0, 0.1) is 18.3 Å². The molecule has 0 saturated carbocycles. The molecule has 1 amide bonds. The highest BCUT2D eigenvalue weighted by molar-refractivity contribution is 5.76. The second-order valence-corrected chi connectivity index (χ2v) is 9.26. The molecule has 2 saturated heterocycles. The highest BCUT2D eigenvalue weighted by atomic mass is 16.2. The third kappa shape index (κ3) is 6.98. The number of likely N-dealkylation sites (tertiary alicyclic amines) is 1. The third-order valence-corrected chi connectivity index (χ3v) is 6.87. The summed E-state index contributed by atoms with van der Waals surface area (Å²) in [4.78, 5) is 19.7. The molecule has 34 heavy (non-hydrogen) atoms. The Bertz CT molecular complexity index is 934. The molecule has 0 unspecified atom stereocenters. The highest BCUT2D eigenvalue weighted by Gasteiger charge is 2.23. The van der Waals surface area contributed by atoms with Crippen molar-refractivity contribution in [3.8, 4) is 6.07 Å². The Morgan fingerprint density at radius 1 is 0.971 bits per heavy atom. The van der Waals surface area contributed by atoms with Gasteiger partial charge >= 0.3 is 0 Å². The zero-order valence-corrected chi connectivity index (χ0v) is 19.7. The van der Waals surface area contributed by atoms with Crippen LogP contribution in [0.1, 0.15) is 44.2 Å². The van der Waals surface area contributed by atoms with Crippen LogP contribution in [-0.4, -0.2) is 67.6 Å². The summed E-state index contributed by atoms with van der Waals surface area (Å²) in [5, 5.41) is 12.5. The molecule has 2 heterocycles. The molecule has 0 radical (unpaired) electrons. The molecule has 4 rings (SSSR count). The molecular weight excluding hydrogens is 422 g/mol. The Balaban J connectivity index is 0.00000324. The monoisotopic (exact) mass is 461 g/mol. The van der Waals surface area contributed by atoms with Crippen molar-refractivity contribution in [1.29, 1.82) is 5.26 Å². The van der Waals surface area contributed by atoms with Crippen molar-refractivity contribution in [2.45, 2.75) is 46.1 Å². The molecule has 6 nitrogen and oxygen atoms in total. The van der Waals surface area contributed by atoms with Gasteiger partial charge in [-0.15, -0.1) is 0 Å². The minimum atomic E-state index is 0. The lowest BCUT2D eigenvalue weighted by molar-refractivity contribution is -0.132. The van der Waals surface area contributed by atoms with Gasteiger partial charge in [-0.3, -0.25) is 9.69 Å². The summed E-state index contributed by atoms with van der Waals surface area (Å²) >= 11 is 0. The fraction of sp³-hybridized carbons (Fsp3) is 0.500. The maximum absolute atomic E-state index is 12.7. The van der Waals surface area contributed by atoms with Crippen LogP contribution in [0.15, 0.2) is 48.5 Å². The van der Waals surface area contributed by atoms with Crippen LogP contribution in [0.3, 0.4) is 0 Å². The average molecular weight is 462 g/mol. The number of carbonyl (C=O) groups is 1. The number of piperidine rings is 1. The van der Waals surface area contributed by atoms with Crippen molar-refractivity contribution < 1.29 is 4.79 Å². The quantitative estimate of drug-likeness (QED) is 0.657. The van der Waals surface area contributed by atoms with Gasteiger partial charge in [0.2, 0.25) is 5.91 Å². The van der Waals surface area contributed by atoms with Crippen LogP contribution in [0.5, 0.6) is 0 Å². The van der Waals surface area contributed by atoms with Gasteiger partial charge in [0.25, 0.3) is 0 Å². The lowest BCUT2D eigenvalue weighted by Gasteiger charge is -2.36. The summed E-state index contributed by atoms with van der Waals surface area (Å²) in [6.45, 7) is 9.00. The standard InChI is InChI=1S/C27H35N5O.CH4/c1-22-4-10-26(11-5-22)31-19-17-30(18-20-31)14-2-3-27(33)32-15-12-25(13-16-32)29-24-8-6-23(21-28)7-9-24;/h4-11,25,29H,2-3,12-20H2,1H3;1H4. The van der Waals surface area contributed by atoms with Crippen molar-refractivity contribution >= 4 is 17.3 Å². The van der Waals surface area contributed by atoms with Gasteiger partial charge in [-0.1, -0.05) is 25.1 Å². The Morgan fingerprint density at radius 2 is 1.62 bits per heavy atom. The van der Waals surface area contributed by atoms with E-state index in [1.807, 2.05) is 29.2 Å². The minimum absolute atomic E-state index is 0. The molecule has 0 spiro atoms. The Morgan fingerprint density at radius 3 is 2.24 bits per heavy atom. The first-order valence-electron chi connectivity index (χ1n) is 12.2. The van der Waals surface area contributed by atoms with Crippen LogP contribution < -0.4 is 10.2 Å². The van der Waals surface area contributed by atoms with Crippen LogP contribution in [0.4, 0.5) is 11.4 Å². The number of amides is 1. The van der Waals surface area contributed by atoms with Gasteiger partial charge in [0.1, 0.15) is 0 Å². The highest BCUT2D eigenvalue weighted by Crippen LogP contribution is 2.19. The zero-order chi connectivity index (χ0) is 23.0. The van der Waals surface area contributed by atoms with Crippen LogP contribution in [0.25, 0.3) is 0 Å². The SMILES string of the molecule is C.Cc1ccc(N2CCN(CCCC(=O)N3CCC(Nc4ccc(C#N)cc4)CC3)CC2)cc1. The number of benzene rings is 2. The molecule has 2 aromatic carbocycles.